The maximum absolute atomic E-state index is 14.3. The third-order valence-electron chi connectivity index (χ3n) is 4.45. The number of nitrogens with zero attached hydrogens (tertiary/aromatic N) is 1. The molecule has 0 aliphatic carbocycles. The van der Waals surface area contributed by atoms with Crippen molar-refractivity contribution in [3.8, 4) is 5.75 Å². The summed E-state index contributed by atoms with van der Waals surface area (Å²) in [6, 6.07) is 9.62. The molecule has 7 heteroatoms. The zero-order valence-electron chi connectivity index (χ0n) is 15.0. The highest BCUT2D eigenvalue weighted by Crippen LogP contribution is 2.32. The molecule has 0 saturated carbocycles. The molecule has 1 heterocycles. The number of hydrogen-bond acceptors (Lipinski definition) is 4. The fourth-order valence-corrected chi connectivity index (χ4v) is 3.32. The summed E-state index contributed by atoms with van der Waals surface area (Å²) in [5.41, 5.74) is 1.97. The van der Waals surface area contributed by atoms with E-state index in [0.717, 1.165) is 4.47 Å². The predicted octanol–water partition coefficient (Wildman–Crippen LogP) is 4.26. The Labute approximate surface area is 163 Å². The van der Waals surface area contributed by atoms with Crippen LogP contribution in [-0.4, -0.2) is 30.7 Å². The van der Waals surface area contributed by atoms with Crippen LogP contribution in [0.15, 0.2) is 40.9 Å². The van der Waals surface area contributed by atoms with E-state index in [2.05, 4.69) is 15.9 Å². The van der Waals surface area contributed by atoms with Gasteiger partial charge in [-0.1, -0.05) is 15.9 Å². The van der Waals surface area contributed by atoms with Crippen molar-refractivity contribution in [1.82, 2.24) is 4.57 Å². The van der Waals surface area contributed by atoms with Gasteiger partial charge in [-0.3, -0.25) is 14.2 Å². The highest BCUT2D eigenvalue weighted by molar-refractivity contribution is 9.10. The molecule has 5 nitrogen and oxygen atoms in total. The average molecular weight is 434 g/mol. The minimum atomic E-state index is -0.586. The van der Waals surface area contributed by atoms with Gasteiger partial charge in [0, 0.05) is 27.2 Å². The molecule has 0 spiro atoms. The van der Waals surface area contributed by atoms with E-state index in [1.807, 2.05) is 0 Å². The van der Waals surface area contributed by atoms with Crippen LogP contribution in [0.5, 0.6) is 5.75 Å². The lowest BCUT2D eigenvalue weighted by atomic mass is 10.1. The highest BCUT2D eigenvalue weighted by Gasteiger charge is 2.23. The van der Waals surface area contributed by atoms with Gasteiger partial charge < -0.3 is 9.47 Å². The van der Waals surface area contributed by atoms with E-state index in [1.165, 1.54) is 30.9 Å². The molecule has 27 heavy (non-hydrogen) atoms. The molecule has 0 amide bonds. The number of methoxy groups -OCH3 is 2. The zero-order chi connectivity index (χ0) is 19.7. The summed E-state index contributed by atoms with van der Waals surface area (Å²) in [5.74, 6) is -1.30. The first kappa shape index (κ1) is 19.1. The molecule has 0 bridgehead atoms. The molecule has 0 saturated heterocycles. The van der Waals surface area contributed by atoms with E-state index in [4.69, 9.17) is 9.47 Å². The van der Waals surface area contributed by atoms with Gasteiger partial charge in [0.05, 0.1) is 26.2 Å². The number of carbonyl (C=O) groups is 2. The van der Waals surface area contributed by atoms with Crippen molar-refractivity contribution in [1.29, 1.82) is 0 Å². The van der Waals surface area contributed by atoms with Crippen LogP contribution in [0, 0.1) is 12.7 Å². The van der Waals surface area contributed by atoms with Crippen molar-refractivity contribution < 1.29 is 23.5 Å². The lowest BCUT2D eigenvalue weighted by molar-refractivity contribution is -0.139. The second kappa shape index (κ2) is 7.52. The average Bonchev–Trinajstić information content (AvgIpc) is 2.91. The van der Waals surface area contributed by atoms with Crippen LogP contribution in [0.2, 0.25) is 0 Å². The maximum Gasteiger partial charge on any atom is 0.310 e. The van der Waals surface area contributed by atoms with Gasteiger partial charge in [0.1, 0.15) is 0 Å². The van der Waals surface area contributed by atoms with E-state index >= 15 is 0 Å². The zero-order valence-corrected chi connectivity index (χ0v) is 16.6. The highest BCUT2D eigenvalue weighted by atomic mass is 79.9. The van der Waals surface area contributed by atoms with Crippen LogP contribution in [0.3, 0.4) is 0 Å². The molecular weight excluding hydrogens is 417 g/mol. The van der Waals surface area contributed by atoms with Gasteiger partial charge in [0.2, 0.25) is 0 Å². The SMILES string of the molecule is COC(=O)Cc1c(C)n(C(=O)c2ccc(Br)cc2)c2cc(F)c(OC)cc12. The molecule has 0 aliphatic rings. The minimum absolute atomic E-state index is 0.0335. The maximum atomic E-state index is 14.3. The third-order valence-corrected chi connectivity index (χ3v) is 4.98. The molecule has 3 rings (SSSR count). The summed E-state index contributed by atoms with van der Waals surface area (Å²) in [6.45, 7) is 1.72. The van der Waals surface area contributed by atoms with Gasteiger partial charge in [-0.25, -0.2) is 4.39 Å². The van der Waals surface area contributed by atoms with Crippen LogP contribution >= 0.6 is 15.9 Å². The summed E-state index contributed by atoms with van der Waals surface area (Å²) in [5, 5.41) is 0.571. The molecule has 0 aliphatic heterocycles. The molecule has 0 N–H and O–H groups in total. The van der Waals surface area contributed by atoms with Crippen molar-refractivity contribution >= 4 is 38.7 Å². The summed E-state index contributed by atoms with van der Waals surface area (Å²) >= 11 is 3.34. The van der Waals surface area contributed by atoms with Gasteiger partial charge in [-0.05, 0) is 42.8 Å². The number of carbonyl (C=O) groups excluding carboxylic acids is 2. The quantitative estimate of drug-likeness (QED) is 0.576. The fourth-order valence-electron chi connectivity index (χ4n) is 3.06. The number of ether oxygens (including phenoxy) is 2. The van der Waals surface area contributed by atoms with E-state index < -0.39 is 11.8 Å². The summed E-state index contributed by atoms with van der Waals surface area (Å²) < 4.78 is 26.4. The first-order valence-corrected chi connectivity index (χ1v) is 8.91. The Morgan fingerprint density at radius 2 is 1.81 bits per heavy atom. The molecule has 3 aromatic rings. The van der Waals surface area contributed by atoms with E-state index in [1.54, 1.807) is 31.2 Å². The number of benzene rings is 2. The summed E-state index contributed by atoms with van der Waals surface area (Å²) in [4.78, 5) is 25.0. The van der Waals surface area contributed by atoms with Gasteiger partial charge in [0.25, 0.3) is 5.91 Å². The molecule has 0 unspecified atom stereocenters. The minimum Gasteiger partial charge on any atom is -0.494 e. The van der Waals surface area contributed by atoms with E-state index in [0.29, 0.717) is 27.7 Å². The molecule has 0 atom stereocenters. The van der Waals surface area contributed by atoms with E-state index in [-0.39, 0.29) is 18.1 Å². The Hall–Kier alpha value is -2.67. The second-order valence-electron chi connectivity index (χ2n) is 5.97. The number of rotatable bonds is 4. The van der Waals surface area contributed by atoms with Crippen molar-refractivity contribution in [2.24, 2.45) is 0 Å². The molecule has 0 radical (unpaired) electrons. The Bertz CT molecular complexity index is 1040. The predicted molar refractivity (Wildman–Crippen MR) is 103 cm³/mol. The van der Waals surface area contributed by atoms with Crippen LogP contribution in [0.25, 0.3) is 10.9 Å². The number of aromatic nitrogens is 1. The summed E-state index contributed by atoms with van der Waals surface area (Å²) in [6.07, 6.45) is -0.0335. The largest absolute Gasteiger partial charge is 0.494 e. The monoisotopic (exact) mass is 433 g/mol. The van der Waals surface area contributed by atoms with Crippen LogP contribution in [-0.2, 0) is 16.0 Å². The van der Waals surface area contributed by atoms with Crippen molar-refractivity contribution in [3.63, 3.8) is 0 Å². The van der Waals surface area contributed by atoms with Crippen molar-refractivity contribution in [3.05, 3.63) is 63.5 Å². The lowest BCUT2D eigenvalue weighted by Gasteiger charge is -2.08. The lowest BCUT2D eigenvalue weighted by Crippen LogP contribution is -2.14. The molecule has 140 valence electrons. The number of hydrogen-bond donors (Lipinski definition) is 0. The fraction of sp³-hybridized carbons (Fsp3) is 0.200. The Balaban J connectivity index is 2.26. The number of esters is 1. The Morgan fingerprint density at radius 1 is 1.15 bits per heavy atom. The van der Waals surface area contributed by atoms with E-state index in [9.17, 15) is 14.0 Å². The van der Waals surface area contributed by atoms with Crippen molar-refractivity contribution in [2.75, 3.05) is 14.2 Å². The molecular formula is C20H17BrFNO4. The number of halogens is 2. The first-order chi connectivity index (χ1) is 12.9. The standard InChI is InChI=1S/C20H17BrFNO4/c1-11-14(9-19(24)27-3)15-8-18(26-2)16(22)10-17(15)23(11)20(25)12-4-6-13(21)7-5-12/h4-8,10H,9H2,1-3H3. The number of fused-ring (bicyclic) bond motifs is 1. The summed E-state index contributed by atoms with van der Waals surface area (Å²) in [7, 11) is 2.66. The van der Waals surface area contributed by atoms with Gasteiger partial charge in [-0.2, -0.15) is 0 Å². The van der Waals surface area contributed by atoms with Gasteiger partial charge in [-0.15, -0.1) is 0 Å². The normalized spacial score (nSPS) is 10.9. The van der Waals surface area contributed by atoms with Gasteiger partial charge in [0.15, 0.2) is 11.6 Å². The second-order valence-corrected chi connectivity index (χ2v) is 6.88. The van der Waals surface area contributed by atoms with Crippen LogP contribution in [0.4, 0.5) is 4.39 Å². The molecule has 1 aromatic heterocycles. The first-order valence-electron chi connectivity index (χ1n) is 8.11. The van der Waals surface area contributed by atoms with Crippen LogP contribution < -0.4 is 4.74 Å². The smallest absolute Gasteiger partial charge is 0.310 e. The third kappa shape index (κ3) is 3.47. The molecule has 2 aromatic carbocycles. The molecule has 0 fully saturated rings. The van der Waals surface area contributed by atoms with Gasteiger partial charge >= 0.3 is 5.97 Å². The Kier molecular flexibility index (Phi) is 5.32. The topological polar surface area (TPSA) is 57.5 Å². The van der Waals surface area contributed by atoms with Crippen molar-refractivity contribution in [2.45, 2.75) is 13.3 Å². The Morgan fingerprint density at radius 3 is 2.41 bits per heavy atom. The van der Waals surface area contributed by atoms with Crippen LogP contribution in [0.1, 0.15) is 21.6 Å².